The van der Waals surface area contributed by atoms with Gasteiger partial charge in [-0.15, -0.1) is 0 Å². The number of hydrogen-bond acceptors (Lipinski definition) is 2. The average Bonchev–Trinajstić information content (AvgIpc) is 2.26. The lowest BCUT2D eigenvalue weighted by Gasteiger charge is -2.24. The van der Waals surface area contributed by atoms with E-state index in [-0.39, 0.29) is 5.56 Å². The second-order valence-corrected chi connectivity index (χ2v) is 4.80. The van der Waals surface area contributed by atoms with Crippen molar-refractivity contribution in [1.82, 2.24) is 9.97 Å². The maximum Gasteiger partial charge on any atom is 0.260 e. The highest BCUT2D eigenvalue weighted by molar-refractivity contribution is 7.71. The van der Waals surface area contributed by atoms with Crippen molar-refractivity contribution in [3.05, 3.63) is 26.4 Å². The molecular formula is C11H18N3OS+. The molecule has 5 heteroatoms. The molecular weight excluding hydrogens is 222 g/mol. The van der Waals surface area contributed by atoms with Crippen LogP contribution < -0.4 is 10.5 Å². The highest BCUT2D eigenvalue weighted by Crippen LogP contribution is 2.02. The molecule has 0 aromatic carbocycles. The summed E-state index contributed by atoms with van der Waals surface area (Å²) in [6.07, 6.45) is 3.37. The molecule has 0 aliphatic carbocycles. The fraction of sp³-hybridized carbons (Fsp3) is 0.636. The molecule has 1 aliphatic rings. The third-order valence-corrected chi connectivity index (χ3v) is 3.37. The van der Waals surface area contributed by atoms with Gasteiger partial charge >= 0.3 is 0 Å². The molecule has 0 fully saturated rings. The minimum Gasteiger partial charge on any atom is -0.335 e. The molecule has 2 heterocycles. The summed E-state index contributed by atoms with van der Waals surface area (Å²) < 4.78 is 0.445. The molecule has 16 heavy (non-hydrogen) atoms. The Morgan fingerprint density at radius 3 is 3.00 bits per heavy atom. The molecule has 1 aromatic heterocycles. The average molecular weight is 240 g/mol. The molecule has 0 spiro atoms. The molecule has 4 nitrogen and oxygen atoms in total. The number of hydrogen-bond donors (Lipinski definition) is 3. The van der Waals surface area contributed by atoms with Gasteiger partial charge in [-0.2, -0.15) is 0 Å². The van der Waals surface area contributed by atoms with E-state index in [1.54, 1.807) is 0 Å². The molecule has 1 aliphatic heterocycles. The van der Waals surface area contributed by atoms with Gasteiger partial charge in [-0.1, -0.05) is 13.3 Å². The molecule has 0 bridgehead atoms. The van der Waals surface area contributed by atoms with E-state index < -0.39 is 0 Å². The van der Waals surface area contributed by atoms with Crippen molar-refractivity contribution in [3.63, 3.8) is 0 Å². The third-order valence-electron chi connectivity index (χ3n) is 3.17. The van der Waals surface area contributed by atoms with Crippen molar-refractivity contribution in [2.75, 3.05) is 13.1 Å². The molecule has 2 rings (SSSR count). The number of quaternary nitrogens is 1. The van der Waals surface area contributed by atoms with Crippen LogP contribution in [0.4, 0.5) is 0 Å². The predicted octanol–water partition coefficient (Wildman–Crippen LogP) is 0.174. The SMILES string of the molecule is CCCC[NH+]1CCc2[nH]c(=S)[nH]c(=O)c2C1. The first-order valence-corrected chi connectivity index (χ1v) is 6.29. The number of H-pyrrole nitrogens is 2. The van der Waals surface area contributed by atoms with Crippen molar-refractivity contribution < 1.29 is 4.90 Å². The quantitative estimate of drug-likeness (QED) is 0.660. The van der Waals surface area contributed by atoms with Crippen LogP contribution in [0.5, 0.6) is 0 Å². The van der Waals surface area contributed by atoms with Gasteiger partial charge in [-0.25, -0.2) is 0 Å². The Hall–Kier alpha value is -0.940. The van der Waals surface area contributed by atoms with Crippen LogP contribution in [0.3, 0.4) is 0 Å². The first-order valence-electron chi connectivity index (χ1n) is 5.88. The van der Waals surface area contributed by atoms with E-state index in [1.807, 2.05) is 0 Å². The standard InChI is InChI=1S/C11H17N3OS/c1-2-3-5-14-6-4-9-8(7-14)10(15)13-11(16)12-9/h2-7H2,1H3,(H2,12,13,15,16)/p+1. The van der Waals surface area contributed by atoms with E-state index in [0.717, 1.165) is 37.3 Å². The van der Waals surface area contributed by atoms with Crippen LogP contribution in [0.25, 0.3) is 0 Å². The van der Waals surface area contributed by atoms with E-state index in [0.29, 0.717) is 4.77 Å². The summed E-state index contributed by atoms with van der Waals surface area (Å²) in [5.74, 6) is 0. The summed E-state index contributed by atoms with van der Waals surface area (Å²) in [4.78, 5) is 19.0. The Balaban J connectivity index is 2.20. The fourth-order valence-electron chi connectivity index (χ4n) is 2.24. The minimum absolute atomic E-state index is 0.00699. The van der Waals surface area contributed by atoms with Crippen LogP contribution in [-0.2, 0) is 13.0 Å². The highest BCUT2D eigenvalue weighted by atomic mass is 32.1. The zero-order valence-corrected chi connectivity index (χ0v) is 10.4. The van der Waals surface area contributed by atoms with Gasteiger partial charge in [0.15, 0.2) is 4.77 Å². The number of aromatic nitrogens is 2. The zero-order chi connectivity index (χ0) is 11.5. The molecule has 1 atom stereocenters. The number of fused-ring (bicyclic) bond motifs is 1. The van der Waals surface area contributed by atoms with Crippen molar-refractivity contribution in [2.24, 2.45) is 0 Å². The number of unbranched alkanes of at least 4 members (excludes halogenated alkanes) is 1. The van der Waals surface area contributed by atoms with E-state index in [9.17, 15) is 4.79 Å². The molecule has 1 unspecified atom stereocenters. The number of rotatable bonds is 3. The monoisotopic (exact) mass is 240 g/mol. The van der Waals surface area contributed by atoms with Crippen LogP contribution in [-0.4, -0.2) is 23.1 Å². The Bertz CT molecular complexity index is 477. The Labute approximate surface area is 99.7 Å². The van der Waals surface area contributed by atoms with Gasteiger partial charge in [0, 0.05) is 12.1 Å². The molecule has 3 N–H and O–H groups in total. The second kappa shape index (κ2) is 4.93. The van der Waals surface area contributed by atoms with E-state index in [1.165, 1.54) is 17.7 Å². The Morgan fingerprint density at radius 1 is 1.44 bits per heavy atom. The fourth-order valence-corrected chi connectivity index (χ4v) is 2.46. The summed E-state index contributed by atoms with van der Waals surface area (Å²) in [6, 6.07) is 0. The molecule has 0 amide bonds. The first kappa shape index (κ1) is 11.5. The first-order chi connectivity index (χ1) is 7.70. The Morgan fingerprint density at radius 2 is 2.25 bits per heavy atom. The summed E-state index contributed by atoms with van der Waals surface area (Å²) in [5, 5.41) is 0. The van der Waals surface area contributed by atoms with Crippen LogP contribution in [0.1, 0.15) is 31.0 Å². The predicted molar refractivity (Wildman–Crippen MR) is 65.3 cm³/mol. The van der Waals surface area contributed by atoms with Gasteiger partial charge in [0.25, 0.3) is 5.56 Å². The van der Waals surface area contributed by atoms with Crippen LogP contribution in [0, 0.1) is 4.77 Å². The van der Waals surface area contributed by atoms with Crippen molar-refractivity contribution in [3.8, 4) is 0 Å². The van der Waals surface area contributed by atoms with Gasteiger partial charge in [0.1, 0.15) is 6.54 Å². The summed E-state index contributed by atoms with van der Waals surface area (Å²) in [5.41, 5.74) is 1.92. The van der Waals surface area contributed by atoms with E-state index in [2.05, 4.69) is 16.9 Å². The number of nitrogens with one attached hydrogen (secondary N) is 3. The van der Waals surface area contributed by atoms with Crippen molar-refractivity contribution in [1.29, 1.82) is 0 Å². The normalized spacial score (nSPS) is 19.4. The van der Waals surface area contributed by atoms with Gasteiger partial charge < -0.3 is 9.88 Å². The molecule has 88 valence electrons. The molecule has 1 aromatic rings. The van der Waals surface area contributed by atoms with Crippen molar-refractivity contribution >= 4 is 12.2 Å². The van der Waals surface area contributed by atoms with Crippen molar-refractivity contribution in [2.45, 2.75) is 32.7 Å². The van der Waals surface area contributed by atoms with E-state index in [4.69, 9.17) is 12.2 Å². The number of aromatic amines is 2. The van der Waals surface area contributed by atoms with E-state index >= 15 is 0 Å². The maximum atomic E-state index is 11.7. The van der Waals surface area contributed by atoms with Crippen LogP contribution >= 0.6 is 12.2 Å². The van der Waals surface area contributed by atoms with Gasteiger partial charge in [0.2, 0.25) is 0 Å². The van der Waals surface area contributed by atoms with Gasteiger partial charge in [-0.05, 0) is 18.6 Å². The van der Waals surface area contributed by atoms with Gasteiger partial charge in [0.05, 0.1) is 18.7 Å². The summed E-state index contributed by atoms with van der Waals surface area (Å²) >= 11 is 4.97. The zero-order valence-electron chi connectivity index (χ0n) is 9.56. The summed E-state index contributed by atoms with van der Waals surface area (Å²) in [6.45, 7) is 5.28. The molecule has 0 saturated carbocycles. The summed E-state index contributed by atoms with van der Waals surface area (Å²) in [7, 11) is 0. The van der Waals surface area contributed by atoms with Crippen LogP contribution in [0.2, 0.25) is 0 Å². The molecule has 0 radical (unpaired) electrons. The highest BCUT2D eigenvalue weighted by Gasteiger charge is 2.21. The Kier molecular flexibility index (Phi) is 3.56. The lowest BCUT2D eigenvalue weighted by atomic mass is 10.1. The molecule has 0 saturated heterocycles. The van der Waals surface area contributed by atoms with Gasteiger partial charge in [-0.3, -0.25) is 9.78 Å². The largest absolute Gasteiger partial charge is 0.335 e. The lowest BCUT2D eigenvalue weighted by Crippen LogP contribution is -3.12. The smallest absolute Gasteiger partial charge is 0.260 e. The van der Waals surface area contributed by atoms with Crippen LogP contribution in [0.15, 0.2) is 4.79 Å². The maximum absolute atomic E-state index is 11.7. The lowest BCUT2D eigenvalue weighted by molar-refractivity contribution is -0.916. The topological polar surface area (TPSA) is 53.1 Å². The third kappa shape index (κ3) is 2.41. The minimum atomic E-state index is -0.00699. The second-order valence-electron chi connectivity index (χ2n) is 4.40.